The maximum atomic E-state index is 12.7. The minimum absolute atomic E-state index is 0.371. The zero-order chi connectivity index (χ0) is 19.8. The maximum absolute atomic E-state index is 12.7. The summed E-state index contributed by atoms with van der Waals surface area (Å²) in [4.78, 5) is 25.8. The number of esters is 1. The van der Waals surface area contributed by atoms with Gasteiger partial charge >= 0.3 is 5.97 Å². The molecule has 0 unspecified atom stereocenters. The average Bonchev–Trinajstić information content (AvgIpc) is 2.72. The number of rotatable bonds is 7. The summed E-state index contributed by atoms with van der Waals surface area (Å²) in [5, 5.41) is 2.60. The van der Waals surface area contributed by atoms with Gasteiger partial charge < -0.3 is 10.1 Å². The van der Waals surface area contributed by atoms with Crippen molar-refractivity contribution in [1.82, 2.24) is 0 Å². The highest BCUT2D eigenvalue weighted by Crippen LogP contribution is 2.36. The van der Waals surface area contributed by atoms with Crippen LogP contribution in [0, 0.1) is 0 Å². The van der Waals surface area contributed by atoms with E-state index in [4.69, 9.17) is 16.3 Å². The summed E-state index contributed by atoms with van der Waals surface area (Å²) < 4.78 is 5.29. The van der Waals surface area contributed by atoms with Gasteiger partial charge in [0, 0.05) is 15.6 Å². The molecule has 1 amide bonds. The number of amides is 1. The van der Waals surface area contributed by atoms with E-state index in [-0.39, 0.29) is 6.61 Å². The van der Waals surface area contributed by atoms with E-state index in [9.17, 15) is 9.59 Å². The van der Waals surface area contributed by atoms with Gasteiger partial charge in [-0.05, 0) is 35.9 Å². The molecule has 0 radical (unpaired) electrons. The number of anilines is 1. The van der Waals surface area contributed by atoms with Crippen molar-refractivity contribution in [2.24, 2.45) is 0 Å². The first-order chi connectivity index (χ1) is 13.6. The molecule has 0 aromatic heterocycles. The molecule has 0 saturated heterocycles. The lowest BCUT2D eigenvalue weighted by Gasteiger charge is -2.16. The number of carbonyl (C=O) groups is 2. The van der Waals surface area contributed by atoms with Crippen LogP contribution in [-0.2, 0) is 14.3 Å². The molecule has 6 heteroatoms. The molecule has 0 aliphatic heterocycles. The minimum Gasteiger partial charge on any atom is -0.454 e. The van der Waals surface area contributed by atoms with Crippen molar-refractivity contribution in [3.05, 3.63) is 95.5 Å². The van der Waals surface area contributed by atoms with Gasteiger partial charge in [-0.15, -0.1) is 11.8 Å². The Morgan fingerprint density at radius 1 is 0.929 bits per heavy atom. The number of ether oxygens (including phenoxy) is 1. The molecule has 0 saturated carbocycles. The second kappa shape index (κ2) is 9.97. The fraction of sp³-hybridized carbons (Fsp3) is 0.0909. The monoisotopic (exact) mass is 411 g/mol. The van der Waals surface area contributed by atoms with Gasteiger partial charge in [0.2, 0.25) is 0 Å². The van der Waals surface area contributed by atoms with E-state index < -0.39 is 17.1 Å². The summed E-state index contributed by atoms with van der Waals surface area (Å²) in [6.45, 7) is -0.371. The third-order valence-corrected chi connectivity index (χ3v) is 5.25. The zero-order valence-corrected chi connectivity index (χ0v) is 16.5. The molecule has 0 heterocycles. The van der Waals surface area contributed by atoms with Crippen molar-refractivity contribution >= 4 is 40.9 Å². The SMILES string of the molecule is O=C(COC(=O)[C@@H](Sc1ccccc1)c1ccccc1)Nc1cccc(Cl)c1. The second-order valence-electron chi connectivity index (χ2n) is 5.89. The largest absolute Gasteiger partial charge is 0.454 e. The third-order valence-electron chi connectivity index (χ3n) is 3.77. The molecule has 3 rings (SSSR count). The summed E-state index contributed by atoms with van der Waals surface area (Å²) in [7, 11) is 0. The van der Waals surface area contributed by atoms with Crippen LogP contribution in [0.2, 0.25) is 5.02 Å². The maximum Gasteiger partial charge on any atom is 0.324 e. The Labute approximate surface area is 172 Å². The van der Waals surface area contributed by atoms with Crippen molar-refractivity contribution in [2.75, 3.05) is 11.9 Å². The highest BCUT2D eigenvalue weighted by atomic mass is 35.5. The summed E-state index contributed by atoms with van der Waals surface area (Å²) in [5.41, 5.74) is 1.36. The second-order valence-corrected chi connectivity index (χ2v) is 7.50. The number of hydrogen-bond acceptors (Lipinski definition) is 4. The van der Waals surface area contributed by atoms with Crippen molar-refractivity contribution in [2.45, 2.75) is 10.1 Å². The molecule has 3 aromatic rings. The lowest BCUT2D eigenvalue weighted by molar-refractivity contribution is -0.146. The van der Waals surface area contributed by atoms with Gasteiger partial charge in [0.15, 0.2) is 6.61 Å². The quantitative estimate of drug-likeness (QED) is 0.420. The van der Waals surface area contributed by atoms with Gasteiger partial charge in [0.1, 0.15) is 5.25 Å². The molecular formula is C22H18ClNO3S. The Balaban J connectivity index is 1.65. The van der Waals surface area contributed by atoms with E-state index >= 15 is 0 Å². The van der Waals surface area contributed by atoms with E-state index in [1.54, 1.807) is 24.3 Å². The van der Waals surface area contributed by atoms with Gasteiger partial charge in [-0.3, -0.25) is 9.59 Å². The van der Waals surface area contributed by atoms with E-state index in [1.165, 1.54) is 11.8 Å². The normalized spacial score (nSPS) is 11.5. The Hall–Kier alpha value is -2.76. The Morgan fingerprint density at radius 2 is 1.61 bits per heavy atom. The van der Waals surface area contributed by atoms with Crippen LogP contribution in [-0.4, -0.2) is 18.5 Å². The summed E-state index contributed by atoms with van der Waals surface area (Å²) >= 11 is 7.29. The molecule has 4 nitrogen and oxygen atoms in total. The average molecular weight is 412 g/mol. The van der Waals surface area contributed by atoms with E-state index in [0.29, 0.717) is 10.7 Å². The minimum atomic E-state index is -0.567. The summed E-state index contributed by atoms with van der Waals surface area (Å²) in [6, 6.07) is 25.7. The Morgan fingerprint density at radius 3 is 2.29 bits per heavy atom. The zero-order valence-electron chi connectivity index (χ0n) is 14.9. The number of hydrogen-bond donors (Lipinski definition) is 1. The Bertz CT molecular complexity index is 935. The number of halogens is 1. The number of thioether (sulfide) groups is 1. The molecule has 3 aromatic carbocycles. The predicted molar refractivity (Wildman–Crippen MR) is 113 cm³/mol. The van der Waals surface area contributed by atoms with Gasteiger partial charge in [-0.2, -0.15) is 0 Å². The molecule has 1 N–H and O–H groups in total. The van der Waals surface area contributed by atoms with Gasteiger partial charge in [0.25, 0.3) is 5.91 Å². The molecule has 28 heavy (non-hydrogen) atoms. The van der Waals surface area contributed by atoms with Gasteiger partial charge in [0.05, 0.1) is 0 Å². The molecular weight excluding hydrogens is 394 g/mol. The highest BCUT2D eigenvalue weighted by Gasteiger charge is 2.24. The first kappa shape index (κ1) is 20.0. The van der Waals surface area contributed by atoms with Crippen LogP contribution in [0.1, 0.15) is 10.8 Å². The topological polar surface area (TPSA) is 55.4 Å². The van der Waals surface area contributed by atoms with Crippen molar-refractivity contribution in [3.8, 4) is 0 Å². The summed E-state index contributed by atoms with van der Waals surface area (Å²) in [6.07, 6.45) is 0. The standard InChI is InChI=1S/C22H18ClNO3S/c23-17-10-7-11-18(14-17)24-20(25)15-27-22(26)21(16-8-3-1-4-9-16)28-19-12-5-2-6-13-19/h1-14,21H,15H2,(H,24,25)/t21-/m0/s1. The molecule has 142 valence electrons. The van der Waals surface area contributed by atoms with Crippen LogP contribution in [0.25, 0.3) is 0 Å². The number of carbonyl (C=O) groups excluding carboxylic acids is 2. The van der Waals surface area contributed by atoms with Crippen molar-refractivity contribution in [1.29, 1.82) is 0 Å². The fourth-order valence-electron chi connectivity index (χ4n) is 2.49. The van der Waals surface area contributed by atoms with Gasteiger partial charge in [-0.1, -0.05) is 66.2 Å². The van der Waals surface area contributed by atoms with Crippen LogP contribution in [0.3, 0.4) is 0 Å². The predicted octanol–water partition coefficient (Wildman–Crippen LogP) is 5.36. The first-order valence-electron chi connectivity index (χ1n) is 8.60. The van der Waals surface area contributed by atoms with Crippen LogP contribution < -0.4 is 5.32 Å². The fourth-order valence-corrected chi connectivity index (χ4v) is 3.73. The molecule has 0 aliphatic rings. The first-order valence-corrected chi connectivity index (χ1v) is 9.86. The molecule has 0 aliphatic carbocycles. The van der Waals surface area contributed by atoms with Gasteiger partial charge in [-0.25, -0.2) is 0 Å². The lowest BCUT2D eigenvalue weighted by atomic mass is 10.1. The van der Waals surface area contributed by atoms with E-state index in [2.05, 4.69) is 5.32 Å². The molecule has 0 bridgehead atoms. The van der Waals surface area contributed by atoms with E-state index in [1.807, 2.05) is 60.7 Å². The molecule has 0 fully saturated rings. The Kier molecular flexibility index (Phi) is 7.12. The summed E-state index contributed by atoms with van der Waals surface area (Å²) in [5.74, 6) is -0.895. The molecule has 1 atom stereocenters. The van der Waals surface area contributed by atoms with Crippen LogP contribution in [0.5, 0.6) is 0 Å². The number of nitrogens with one attached hydrogen (secondary N) is 1. The van der Waals surface area contributed by atoms with Crippen molar-refractivity contribution < 1.29 is 14.3 Å². The van der Waals surface area contributed by atoms with E-state index in [0.717, 1.165) is 10.5 Å². The van der Waals surface area contributed by atoms with Crippen LogP contribution in [0.4, 0.5) is 5.69 Å². The lowest BCUT2D eigenvalue weighted by Crippen LogP contribution is -2.23. The number of benzene rings is 3. The van der Waals surface area contributed by atoms with Crippen molar-refractivity contribution in [3.63, 3.8) is 0 Å². The molecule has 0 spiro atoms. The van der Waals surface area contributed by atoms with Crippen LogP contribution in [0.15, 0.2) is 89.8 Å². The smallest absolute Gasteiger partial charge is 0.324 e. The third kappa shape index (κ3) is 5.87. The van der Waals surface area contributed by atoms with Crippen LogP contribution >= 0.6 is 23.4 Å². The highest BCUT2D eigenvalue weighted by molar-refractivity contribution is 8.00.